The van der Waals surface area contributed by atoms with E-state index in [1.165, 1.54) is 18.5 Å². The second-order valence-corrected chi connectivity index (χ2v) is 8.33. The molecule has 1 N–H and O–H groups in total. The number of nitrogens with zero attached hydrogens (tertiary/aromatic N) is 4. The lowest BCUT2D eigenvalue weighted by Gasteiger charge is -2.42. The Morgan fingerprint density at radius 2 is 1.94 bits per heavy atom. The van der Waals surface area contributed by atoms with Crippen LogP contribution >= 0.6 is 0 Å². The molecule has 33 heavy (non-hydrogen) atoms. The van der Waals surface area contributed by atoms with Gasteiger partial charge in [-0.15, -0.1) is 0 Å². The molecule has 0 saturated heterocycles. The van der Waals surface area contributed by atoms with E-state index >= 15 is 0 Å². The van der Waals surface area contributed by atoms with E-state index in [1.54, 1.807) is 47.6 Å². The topological polar surface area (TPSA) is 99.0 Å². The van der Waals surface area contributed by atoms with Gasteiger partial charge in [0, 0.05) is 35.8 Å². The molecule has 0 bridgehead atoms. The third kappa shape index (κ3) is 4.30. The highest BCUT2D eigenvalue weighted by Crippen LogP contribution is 2.43. The molecule has 1 aliphatic rings. The summed E-state index contributed by atoms with van der Waals surface area (Å²) in [7, 11) is 0. The minimum absolute atomic E-state index is 0.158. The van der Waals surface area contributed by atoms with Gasteiger partial charge in [-0.1, -0.05) is 32.0 Å². The SMILES string of the molecule is CC(C)CN1C(=O)c2ccccc2[C@@H](C(=O)Nc2ccc(F)c(C#N)c2)[C@@H]1c1cncnc1. The summed E-state index contributed by atoms with van der Waals surface area (Å²) in [5.74, 6) is -1.81. The minimum Gasteiger partial charge on any atom is -0.330 e. The first-order valence-electron chi connectivity index (χ1n) is 10.6. The van der Waals surface area contributed by atoms with Gasteiger partial charge in [-0.05, 0) is 35.7 Å². The van der Waals surface area contributed by atoms with Crippen LogP contribution in [0.15, 0.2) is 61.2 Å². The number of rotatable bonds is 5. The highest BCUT2D eigenvalue weighted by molar-refractivity contribution is 6.04. The largest absolute Gasteiger partial charge is 0.330 e. The Balaban J connectivity index is 1.83. The van der Waals surface area contributed by atoms with Crippen molar-refractivity contribution in [2.75, 3.05) is 11.9 Å². The summed E-state index contributed by atoms with van der Waals surface area (Å²) in [6.45, 7) is 4.44. The first-order valence-corrected chi connectivity index (χ1v) is 10.6. The van der Waals surface area contributed by atoms with Crippen LogP contribution in [0, 0.1) is 23.1 Å². The normalized spacial score (nSPS) is 17.4. The lowest BCUT2D eigenvalue weighted by atomic mass is 9.79. The molecule has 2 heterocycles. The van der Waals surface area contributed by atoms with Crippen molar-refractivity contribution < 1.29 is 14.0 Å². The molecule has 1 aliphatic heterocycles. The zero-order valence-electron chi connectivity index (χ0n) is 18.2. The Morgan fingerprint density at radius 3 is 2.64 bits per heavy atom. The second-order valence-electron chi connectivity index (χ2n) is 8.33. The number of carbonyl (C=O) groups excluding carboxylic acids is 2. The van der Waals surface area contributed by atoms with Crippen molar-refractivity contribution in [3.63, 3.8) is 0 Å². The summed E-state index contributed by atoms with van der Waals surface area (Å²) in [6, 6.07) is 12.0. The van der Waals surface area contributed by atoms with E-state index in [0.29, 0.717) is 28.9 Å². The van der Waals surface area contributed by atoms with Crippen LogP contribution in [0.4, 0.5) is 10.1 Å². The van der Waals surface area contributed by atoms with Gasteiger partial charge < -0.3 is 10.2 Å². The molecule has 2 aromatic carbocycles. The number of carbonyl (C=O) groups is 2. The summed E-state index contributed by atoms with van der Waals surface area (Å²) in [6.07, 6.45) is 4.61. The predicted molar refractivity (Wildman–Crippen MR) is 120 cm³/mol. The van der Waals surface area contributed by atoms with Crippen LogP contribution in [-0.4, -0.2) is 33.2 Å². The molecule has 0 saturated carbocycles. The number of nitrogens with one attached hydrogen (secondary N) is 1. The standard InChI is InChI=1S/C25H22FN5O2/c1-15(2)13-31-23(17-11-28-14-29-12-17)22(19-5-3-4-6-20(19)25(31)33)24(32)30-18-7-8-21(26)16(9-18)10-27/h3-9,11-12,14-15,22-23H,13H2,1-2H3,(H,30,32)/t22-,23+/m1/s1. The molecule has 2 atom stereocenters. The Labute approximate surface area is 190 Å². The molecule has 7 nitrogen and oxygen atoms in total. The van der Waals surface area contributed by atoms with E-state index in [-0.39, 0.29) is 23.3 Å². The van der Waals surface area contributed by atoms with Crippen molar-refractivity contribution >= 4 is 17.5 Å². The summed E-state index contributed by atoms with van der Waals surface area (Å²) in [4.78, 5) is 37.0. The molecular weight excluding hydrogens is 421 g/mol. The molecule has 0 aliphatic carbocycles. The number of fused-ring (bicyclic) bond motifs is 1. The molecule has 8 heteroatoms. The fraction of sp³-hybridized carbons (Fsp3) is 0.240. The van der Waals surface area contributed by atoms with Gasteiger partial charge in [0.05, 0.1) is 17.5 Å². The number of nitriles is 1. The maximum atomic E-state index is 13.8. The summed E-state index contributed by atoms with van der Waals surface area (Å²) in [5.41, 5.74) is 1.82. The number of hydrogen-bond donors (Lipinski definition) is 1. The number of hydrogen-bond acceptors (Lipinski definition) is 5. The van der Waals surface area contributed by atoms with Gasteiger partial charge in [-0.2, -0.15) is 5.26 Å². The van der Waals surface area contributed by atoms with Crippen molar-refractivity contribution in [1.82, 2.24) is 14.9 Å². The van der Waals surface area contributed by atoms with Crippen LogP contribution < -0.4 is 5.32 Å². The summed E-state index contributed by atoms with van der Waals surface area (Å²) < 4.78 is 13.8. The van der Waals surface area contributed by atoms with Crippen LogP contribution in [0.25, 0.3) is 0 Å². The fourth-order valence-electron chi connectivity index (χ4n) is 4.21. The Bertz CT molecular complexity index is 1240. The van der Waals surface area contributed by atoms with E-state index in [9.17, 15) is 14.0 Å². The maximum Gasteiger partial charge on any atom is 0.254 e. The Kier molecular flexibility index (Phi) is 6.13. The second kappa shape index (κ2) is 9.17. The first-order chi connectivity index (χ1) is 15.9. The van der Waals surface area contributed by atoms with E-state index in [0.717, 1.165) is 6.07 Å². The number of anilines is 1. The molecule has 3 aromatic rings. The molecule has 4 rings (SSSR count). The molecule has 0 radical (unpaired) electrons. The molecule has 166 valence electrons. The number of benzene rings is 2. The monoisotopic (exact) mass is 443 g/mol. The van der Waals surface area contributed by atoms with Crippen molar-refractivity contribution in [2.24, 2.45) is 5.92 Å². The average Bonchev–Trinajstić information content (AvgIpc) is 2.82. The van der Waals surface area contributed by atoms with E-state index in [1.807, 2.05) is 13.8 Å². The molecule has 0 fully saturated rings. The van der Waals surface area contributed by atoms with Crippen molar-refractivity contribution in [3.8, 4) is 6.07 Å². The third-order valence-corrected chi connectivity index (χ3v) is 5.56. The van der Waals surface area contributed by atoms with E-state index in [2.05, 4.69) is 15.3 Å². The van der Waals surface area contributed by atoms with Gasteiger partial charge in [0.15, 0.2) is 0 Å². The van der Waals surface area contributed by atoms with Crippen molar-refractivity contribution in [3.05, 3.63) is 89.3 Å². The summed E-state index contributed by atoms with van der Waals surface area (Å²) in [5, 5.41) is 11.9. The van der Waals surface area contributed by atoms with Crippen molar-refractivity contribution in [2.45, 2.75) is 25.8 Å². The van der Waals surface area contributed by atoms with Crippen molar-refractivity contribution in [1.29, 1.82) is 5.26 Å². The van der Waals surface area contributed by atoms with Gasteiger partial charge in [0.25, 0.3) is 5.91 Å². The number of halogens is 1. The fourth-order valence-corrected chi connectivity index (χ4v) is 4.21. The Morgan fingerprint density at radius 1 is 1.21 bits per heavy atom. The minimum atomic E-state index is -0.765. The molecule has 0 unspecified atom stereocenters. The van der Waals surface area contributed by atoms with Crippen LogP contribution in [-0.2, 0) is 4.79 Å². The van der Waals surface area contributed by atoms with E-state index < -0.39 is 17.8 Å². The maximum absolute atomic E-state index is 13.8. The van der Waals surface area contributed by atoms with Crippen LogP contribution in [0.2, 0.25) is 0 Å². The third-order valence-electron chi connectivity index (χ3n) is 5.56. The predicted octanol–water partition coefficient (Wildman–Crippen LogP) is 4.06. The van der Waals surface area contributed by atoms with Gasteiger partial charge in [-0.25, -0.2) is 14.4 Å². The van der Waals surface area contributed by atoms with Gasteiger partial charge >= 0.3 is 0 Å². The molecular formula is C25H22FN5O2. The van der Waals surface area contributed by atoms with Crippen LogP contribution in [0.5, 0.6) is 0 Å². The summed E-state index contributed by atoms with van der Waals surface area (Å²) >= 11 is 0. The average molecular weight is 443 g/mol. The van der Waals surface area contributed by atoms with Gasteiger partial charge in [-0.3, -0.25) is 9.59 Å². The van der Waals surface area contributed by atoms with Crippen LogP contribution in [0.1, 0.15) is 52.9 Å². The highest BCUT2D eigenvalue weighted by atomic mass is 19.1. The van der Waals surface area contributed by atoms with Crippen LogP contribution in [0.3, 0.4) is 0 Å². The van der Waals surface area contributed by atoms with E-state index in [4.69, 9.17) is 5.26 Å². The quantitative estimate of drug-likeness (QED) is 0.641. The number of aromatic nitrogens is 2. The van der Waals surface area contributed by atoms with Gasteiger partial charge in [0.2, 0.25) is 5.91 Å². The number of amides is 2. The van der Waals surface area contributed by atoms with Gasteiger partial charge in [0.1, 0.15) is 18.2 Å². The first kappa shape index (κ1) is 22.1. The smallest absolute Gasteiger partial charge is 0.254 e. The Hall–Kier alpha value is -4.12. The lowest BCUT2D eigenvalue weighted by molar-refractivity contribution is -0.119. The highest BCUT2D eigenvalue weighted by Gasteiger charge is 2.44. The zero-order chi connectivity index (χ0) is 23.5. The molecule has 1 aromatic heterocycles. The molecule has 2 amide bonds. The lowest BCUT2D eigenvalue weighted by Crippen LogP contribution is -2.47. The zero-order valence-corrected chi connectivity index (χ0v) is 18.2. The molecule has 0 spiro atoms.